The second-order valence-corrected chi connectivity index (χ2v) is 8.30. The van der Waals surface area contributed by atoms with Crippen LogP contribution in [0.1, 0.15) is 43.7 Å². The lowest BCUT2D eigenvalue weighted by Gasteiger charge is -2.12. The first kappa shape index (κ1) is 24.7. The number of carbonyl (C=O) groups is 2. The van der Waals surface area contributed by atoms with Gasteiger partial charge in [0.25, 0.3) is 11.8 Å². The van der Waals surface area contributed by atoms with E-state index in [1.165, 1.54) is 13.3 Å². The van der Waals surface area contributed by atoms with Crippen molar-refractivity contribution in [1.29, 1.82) is 0 Å². The Morgan fingerprint density at radius 2 is 1.88 bits per heavy atom. The van der Waals surface area contributed by atoms with Gasteiger partial charge >= 0.3 is 6.18 Å². The van der Waals surface area contributed by atoms with Gasteiger partial charge in [0, 0.05) is 5.69 Å². The number of carbonyl (C=O) groups excluding carboxylic acids is 2. The number of amides is 2. The number of hydrogen-bond donors (Lipinski definition) is 2. The Balaban J connectivity index is 1.68. The zero-order valence-corrected chi connectivity index (χ0v) is 19.2. The number of nitrogens with one attached hydrogen (secondary N) is 2. The highest BCUT2D eigenvalue weighted by atomic mass is 35.5. The maximum Gasteiger partial charge on any atom is 0.417 e. The average molecular weight is 520 g/mol. The van der Waals surface area contributed by atoms with Crippen LogP contribution in [0.5, 0.6) is 5.88 Å². The highest BCUT2D eigenvalue weighted by molar-refractivity contribution is 7.13. The summed E-state index contributed by atoms with van der Waals surface area (Å²) in [7, 11) is 1.35. The SMILES string of the molecule is COc1ncnc(C(=O)NC(C)c2ncc(C(=O)Nc3ccc(C(F)(F)F)c(Cl)c3)s2)c1Cl. The lowest BCUT2D eigenvalue weighted by molar-refractivity contribution is -0.137. The van der Waals surface area contributed by atoms with Crippen molar-refractivity contribution in [2.45, 2.75) is 19.1 Å². The molecule has 1 atom stereocenters. The number of hydrogen-bond acceptors (Lipinski definition) is 7. The van der Waals surface area contributed by atoms with E-state index in [0.717, 1.165) is 35.9 Å². The summed E-state index contributed by atoms with van der Waals surface area (Å²) < 4.78 is 43.4. The number of aromatic nitrogens is 3. The summed E-state index contributed by atoms with van der Waals surface area (Å²) >= 11 is 12.7. The highest BCUT2D eigenvalue weighted by Crippen LogP contribution is 2.36. The molecule has 0 fully saturated rings. The van der Waals surface area contributed by atoms with Gasteiger partial charge < -0.3 is 15.4 Å². The Bertz CT molecular complexity index is 1210. The first-order valence-electron chi connectivity index (χ1n) is 9.00. The van der Waals surface area contributed by atoms with Crippen molar-refractivity contribution in [2.24, 2.45) is 0 Å². The van der Waals surface area contributed by atoms with Gasteiger partial charge in [0.1, 0.15) is 21.2 Å². The molecule has 2 amide bonds. The standard InChI is InChI=1S/C19H14Cl2F3N5O3S/c1-8(28-16(31)14-13(21)17(32-2)27-7-26-14)18-25-6-12(33-18)15(30)29-9-3-4-10(11(20)5-9)19(22,23)24/h3-8H,1-2H3,(H,28,31)(H,29,30). The fourth-order valence-corrected chi connectivity index (χ4v) is 3.95. The van der Waals surface area contributed by atoms with Gasteiger partial charge in [-0.05, 0) is 25.1 Å². The fourth-order valence-electron chi connectivity index (χ4n) is 2.59. The van der Waals surface area contributed by atoms with Crippen LogP contribution < -0.4 is 15.4 Å². The van der Waals surface area contributed by atoms with Crippen LogP contribution in [0.4, 0.5) is 18.9 Å². The zero-order chi connectivity index (χ0) is 24.3. The predicted octanol–water partition coefficient (Wildman–Crippen LogP) is 5.01. The molecule has 0 aliphatic rings. The first-order chi connectivity index (χ1) is 15.5. The van der Waals surface area contributed by atoms with Crippen molar-refractivity contribution in [3.8, 4) is 5.88 Å². The number of nitrogens with zero attached hydrogens (tertiary/aromatic N) is 3. The number of thiazole rings is 1. The number of methoxy groups -OCH3 is 1. The summed E-state index contributed by atoms with van der Waals surface area (Å²) in [6, 6.07) is 2.27. The summed E-state index contributed by atoms with van der Waals surface area (Å²) in [6.45, 7) is 1.64. The minimum absolute atomic E-state index is 0.0426. The highest BCUT2D eigenvalue weighted by Gasteiger charge is 2.33. The Morgan fingerprint density at radius 1 is 1.15 bits per heavy atom. The summed E-state index contributed by atoms with van der Waals surface area (Å²) in [5.74, 6) is -1.16. The van der Waals surface area contributed by atoms with E-state index in [2.05, 4.69) is 25.6 Å². The van der Waals surface area contributed by atoms with Crippen LogP contribution in [0.2, 0.25) is 10.0 Å². The van der Waals surface area contributed by atoms with Gasteiger partial charge in [0.05, 0.1) is 29.9 Å². The number of halogens is 5. The number of anilines is 1. The van der Waals surface area contributed by atoms with Crippen LogP contribution in [0.25, 0.3) is 0 Å². The summed E-state index contributed by atoms with van der Waals surface area (Å²) in [5, 5.41) is 4.92. The number of alkyl halides is 3. The maximum absolute atomic E-state index is 12.8. The number of ether oxygens (including phenoxy) is 1. The molecule has 0 bridgehead atoms. The molecule has 0 spiro atoms. The molecule has 174 valence electrons. The van der Waals surface area contributed by atoms with E-state index in [1.807, 2.05) is 0 Å². The van der Waals surface area contributed by atoms with E-state index >= 15 is 0 Å². The Labute approximate surface area is 199 Å². The van der Waals surface area contributed by atoms with Crippen LogP contribution in [0.3, 0.4) is 0 Å². The van der Waals surface area contributed by atoms with Crippen LogP contribution in [-0.2, 0) is 6.18 Å². The first-order valence-corrected chi connectivity index (χ1v) is 10.6. The van der Waals surface area contributed by atoms with E-state index in [4.69, 9.17) is 27.9 Å². The molecule has 0 saturated heterocycles. The van der Waals surface area contributed by atoms with Crippen molar-refractivity contribution in [2.75, 3.05) is 12.4 Å². The molecule has 3 rings (SSSR count). The lowest BCUT2D eigenvalue weighted by Crippen LogP contribution is -2.27. The van der Waals surface area contributed by atoms with E-state index in [9.17, 15) is 22.8 Å². The smallest absolute Gasteiger partial charge is 0.417 e. The van der Waals surface area contributed by atoms with Crippen molar-refractivity contribution < 1.29 is 27.5 Å². The molecule has 2 heterocycles. The van der Waals surface area contributed by atoms with E-state index in [1.54, 1.807) is 6.92 Å². The molecule has 0 radical (unpaired) electrons. The topological polar surface area (TPSA) is 106 Å². The largest absolute Gasteiger partial charge is 0.480 e. The third-order valence-electron chi connectivity index (χ3n) is 4.16. The molecule has 2 N–H and O–H groups in total. The lowest BCUT2D eigenvalue weighted by atomic mass is 10.2. The summed E-state index contributed by atoms with van der Waals surface area (Å²) in [5.41, 5.74) is -1.01. The van der Waals surface area contributed by atoms with Gasteiger partial charge in [-0.25, -0.2) is 15.0 Å². The van der Waals surface area contributed by atoms with Crippen LogP contribution in [0.15, 0.2) is 30.7 Å². The molecular formula is C19H14Cl2F3N5O3S. The predicted molar refractivity (Wildman–Crippen MR) is 116 cm³/mol. The summed E-state index contributed by atoms with van der Waals surface area (Å²) in [4.78, 5) is 36.9. The fraction of sp³-hybridized carbons (Fsp3) is 0.211. The molecular weight excluding hydrogens is 506 g/mol. The summed E-state index contributed by atoms with van der Waals surface area (Å²) in [6.07, 6.45) is -2.19. The van der Waals surface area contributed by atoms with Gasteiger partial charge in [-0.2, -0.15) is 13.2 Å². The monoisotopic (exact) mass is 519 g/mol. The van der Waals surface area contributed by atoms with Gasteiger partial charge in [0.15, 0.2) is 5.69 Å². The van der Waals surface area contributed by atoms with Gasteiger partial charge in [0.2, 0.25) is 5.88 Å². The van der Waals surface area contributed by atoms with E-state index in [0.29, 0.717) is 5.01 Å². The van der Waals surface area contributed by atoms with Gasteiger partial charge in [-0.3, -0.25) is 9.59 Å². The molecule has 0 saturated carbocycles. The van der Waals surface area contributed by atoms with Crippen molar-refractivity contribution in [1.82, 2.24) is 20.3 Å². The van der Waals surface area contributed by atoms with Crippen molar-refractivity contribution in [3.63, 3.8) is 0 Å². The molecule has 1 unspecified atom stereocenters. The second kappa shape index (κ2) is 9.89. The van der Waals surface area contributed by atoms with Crippen LogP contribution in [0, 0.1) is 0 Å². The van der Waals surface area contributed by atoms with Crippen molar-refractivity contribution in [3.05, 3.63) is 61.9 Å². The minimum Gasteiger partial charge on any atom is -0.480 e. The molecule has 0 aliphatic carbocycles. The van der Waals surface area contributed by atoms with Crippen LogP contribution in [-0.4, -0.2) is 33.9 Å². The molecule has 33 heavy (non-hydrogen) atoms. The Kier molecular flexibility index (Phi) is 7.40. The minimum atomic E-state index is -4.60. The molecule has 2 aromatic heterocycles. The quantitative estimate of drug-likeness (QED) is 0.474. The average Bonchev–Trinajstić information content (AvgIpc) is 3.23. The molecule has 0 aliphatic heterocycles. The molecule has 14 heteroatoms. The third kappa shape index (κ3) is 5.70. The number of rotatable bonds is 6. The number of benzene rings is 1. The van der Waals surface area contributed by atoms with E-state index < -0.39 is 34.6 Å². The molecule has 8 nitrogen and oxygen atoms in total. The Hall–Kier alpha value is -2.96. The Morgan fingerprint density at radius 3 is 2.52 bits per heavy atom. The maximum atomic E-state index is 12.8. The normalized spacial score (nSPS) is 12.2. The van der Waals surface area contributed by atoms with Crippen LogP contribution >= 0.6 is 34.5 Å². The third-order valence-corrected chi connectivity index (χ3v) is 6.00. The van der Waals surface area contributed by atoms with Gasteiger partial charge in [-0.1, -0.05) is 23.2 Å². The van der Waals surface area contributed by atoms with E-state index in [-0.39, 0.29) is 27.2 Å². The molecule has 1 aromatic carbocycles. The van der Waals surface area contributed by atoms with Crippen molar-refractivity contribution >= 4 is 52.0 Å². The molecule has 3 aromatic rings. The zero-order valence-electron chi connectivity index (χ0n) is 16.8. The second-order valence-electron chi connectivity index (χ2n) is 6.45. The van der Waals surface area contributed by atoms with Gasteiger partial charge in [-0.15, -0.1) is 11.3 Å².